The van der Waals surface area contributed by atoms with Gasteiger partial charge in [-0.3, -0.25) is 0 Å². The van der Waals surface area contributed by atoms with Crippen molar-refractivity contribution in [2.24, 2.45) is 0 Å². The van der Waals surface area contributed by atoms with E-state index in [9.17, 15) is 5.11 Å². The van der Waals surface area contributed by atoms with Crippen LogP contribution in [0.5, 0.6) is 0 Å². The van der Waals surface area contributed by atoms with Gasteiger partial charge in [0.05, 0.1) is 5.60 Å². The summed E-state index contributed by atoms with van der Waals surface area (Å²) < 4.78 is 1.24. The molecule has 0 aliphatic carbocycles. The Labute approximate surface area is 105 Å². The number of benzene rings is 1. The van der Waals surface area contributed by atoms with Crippen LogP contribution < -0.4 is 5.32 Å². The summed E-state index contributed by atoms with van der Waals surface area (Å²) in [6.07, 6.45) is 0. The fourth-order valence-electron chi connectivity index (χ4n) is 1.27. The van der Waals surface area contributed by atoms with Crippen molar-refractivity contribution in [1.29, 1.82) is 0 Å². The molecule has 0 saturated heterocycles. The maximum Gasteiger partial charge on any atom is 0.0715 e. The molecule has 15 heavy (non-hydrogen) atoms. The second kappa shape index (κ2) is 5.27. The van der Waals surface area contributed by atoms with Gasteiger partial charge in [-0.2, -0.15) is 0 Å². The first kappa shape index (κ1) is 12.9. The lowest BCUT2D eigenvalue weighted by molar-refractivity contribution is 0.0770. The van der Waals surface area contributed by atoms with Crippen molar-refractivity contribution < 1.29 is 5.11 Å². The van der Waals surface area contributed by atoms with Gasteiger partial charge in [0.15, 0.2) is 0 Å². The monoisotopic (exact) mass is 319 g/mol. The molecular weight excluding hydrogens is 301 g/mol. The lowest BCUT2D eigenvalue weighted by atomic mass is 10.1. The SMILES string of the molecule is C[C@@H](NCC(C)(C)O)c1ccc(I)cc1. The quantitative estimate of drug-likeness (QED) is 0.837. The molecule has 0 heterocycles. The van der Waals surface area contributed by atoms with E-state index in [2.05, 4.69) is 59.1 Å². The van der Waals surface area contributed by atoms with E-state index in [1.165, 1.54) is 9.13 Å². The van der Waals surface area contributed by atoms with Crippen molar-refractivity contribution in [3.8, 4) is 0 Å². The maximum atomic E-state index is 9.59. The molecule has 1 atom stereocenters. The molecule has 0 aromatic heterocycles. The Balaban J connectivity index is 2.54. The summed E-state index contributed by atoms with van der Waals surface area (Å²) in [5.41, 5.74) is 0.594. The van der Waals surface area contributed by atoms with E-state index >= 15 is 0 Å². The number of hydrogen-bond acceptors (Lipinski definition) is 2. The van der Waals surface area contributed by atoms with E-state index in [1.54, 1.807) is 13.8 Å². The van der Waals surface area contributed by atoms with E-state index in [0.717, 1.165) is 0 Å². The zero-order valence-electron chi connectivity index (χ0n) is 9.42. The fourth-order valence-corrected chi connectivity index (χ4v) is 1.63. The largest absolute Gasteiger partial charge is 0.389 e. The summed E-state index contributed by atoms with van der Waals surface area (Å²) in [5, 5.41) is 12.9. The van der Waals surface area contributed by atoms with Gasteiger partial charge in [-0.15, -0.1) is 0 Å². The van der Waals surface area contributed by atoms with Crippen LogP contribution in [-0.4, -0.2) is 17.3 Å². The van der Waals surface area contributed by atoms with Crippen molar-refractivity contribution in [2.75, 3.05) is 6.54 Å². The molecule has 1 aromatic rings. The van der Waals surface area contributed by atoms with Crippen LogP contribution in [0.3, 0.4) is 0 Å². The average Bonchev–Trinajstić information content (AvgIpc) is 2.14. The van der Waals surface area contributed by atoms with Crippen LogP contribution in [0, 0.1) is 3.57 Å². The van der Waals surface area contributed by atoms with Crippen LogP contribution in [-0.2, 0) is 0 Å². The Kier molecular flexibility index (Phi) is 4.55. The van der Waals surface area contributed by atoms with Crippen molar-refractivity contribution >= 4 is 22.6 Å². The zero-order valence-corrected chi connectivity index (χ0v) is 11.6. The lowest BCUT2D eigenvalue weighted by Gasteiger charge is -2.22. The summed E-state index contributed by atoms with van der Waals surface area (Å²) in [6.45, 7) is 6.31. The summed E-state index contributed by atoms with van der Waals surface area (Å²) in [6, 6.07) is 8.69. The van der Waals surface area contributed by atoms with Gasteiger partial charge in [0.1, 0.15) is 0 Å². The van der Waals surface area contributed by atoms with Crippen molar-refractivity contribution in [3.05, 3.63) is 33.4 Å². The average molecular weight is 319 g/mol. The Morgan fingerprint density at radius 1 is 1.33 bits per heavy atom. The molecule has 1 aromatic carbocycles. The molecule has 0 saturated carbocycles. The number of nitrogens with one attached hydrogen (secondary N) is 1. The van der Waals surface area contributed by atoms with Crippen LogP contribution in [0.15, 0.2) is 24.3 Å². The minimum atomic E-state index is -0.655. The minimum absolute atomic E-state index is 0.272. The molecule has 84 valence electrons. The number of hydrogen-bond donors (Lipinski definition) is 2. The Bertz CT molecular complexity index is 302. The normalized spacial score (nSPS) is 13.9. The zero-order chi connectivity index (χ0) is 11.5. The molecule has 1 rings (SSSR count). The van der Waals surface area contributed by atoms with Gasteiger partial charge in [0, 0.05) is 16.2 Å². The molecule has 0 amide bonds. The first-order valence-electron chi connectivity index (χ1n) is 5.10. The molecule has 0 aliphatic rings. The van der Waals surface area contributed by atoms with Crippen LogP contribution >= 0.6 is 22.6 Å². The van der Waals surface area contributed by atoms with Gasteiger partial charge in [-0.1, -0.05) is 12.1 Å². The summed E-state index contributed by atoms with van der Waals surface area (Å²) in [4.78, 5) is 0. The topological polar surface area (TPSA) is 32.3 Å². The number of halogens is 1. The van der Waals surface area contributed by atoms with E-state index in [-0.39, 0.29) is 6.04 Å². The lowest BCUT2D eigenvalue weighted by Crippen LogP contribution is -2.36. The molecule has 0 bridgehead atoms. The molecule has 0 fully saturated rings. The van der Waals surface area contributed by atoms with Crippen LogP contribution in [0.25, 0.3) is 0 Å². The van der Waals surface area contributed by atoms with Gasteiger partial charge in [0.2, 0.25) is 0 Å². The second-order valence-corrected chi connectivity index (χ2v) is 5.71. The number of rotatable bonds is 4. The summed E-state index contributed by atoms with van der Waals surface area (Å²) in [5.74, 6) is 0. The summed E-state index contributed by atoms with van der Waals surface area (Å²) >= 11 is 2.29. The molecule has 0 unspecified atom stereocenters. The maximum absolute atomic E-state index is 9.59. The molecule has 2 N–H and O–H groups in total. The minimum Gasteiger partial charge on any atom is -0.389 e. The molecule has 0 radical (unpaired) electrons. The first-order chi connectivity index (χ1) is 6.88. The highest BCUT2D eigenvalue weighted by Gasteiger charge is 2.14. The highest BCUT2D eigenvalue weighted by atomic mass is 127. The standard InChI is InChI=1S/C12H18INO/c1-9(14-8-12(2,3)15)10-4-6-11(13)7-5-10/h4-7,9,14-15H,8H2,1-3H3/t9-/m1/s1. The van der Waals surface area contributed by atoms with Crippen LogP contribution in [0.2, 0.25) is 0 Å². The Hall–Kier alpha value is -0.130. The van der Waals surface area contributed by atoms with Crippen molar-refractivity contribution in [2.45, 2.75) is 32.4 Å². The fraction of sp³-hybridized carbons (Fsp3) is 0.500. The van der Waals surface area contributed by atoms with E-state index in [4.69, 9.17) is 0 Å². The first-order valence-corrected chi connectivity index (χ1v) is 6.17. The van der Waals surface area contributed by atoms with Gasteiger partial charge >= 0.3 is 0 Å². The van der Waals surface area contributed by atoms with Crippen molar-refractivity contribution in [3.63, 3.8) is 0 Å². The van der Waals surface area contributed by atoms with Gasteiger partial charge < -0.3 is 10.4 Å². The number of aliphatic hydroxyl groups is 1. The Morgan fingerprint density at radius 3 is 2.33 bits per heavy atom. The molecule has 3 heteroatoms. The smallest absolute Gasteiger partial charge is 0.0715 e. The third-order valence-electron chi connectivity index (χ3n) is 2.21. The predicted molar refractivity (Wildman–Crippen MR) is 71.9 cm³/mol. The molecule has 2 nitrogen and oxygen atoms in total. The summed E-state index contributed by atoms with van der Waals surface area (Å²) in [7, 11) is 0. The highest BCUT2D eigenvalue weighted by molar-refractivity contribution is 14.1. The molecule has 0 aliphatic heterocycles. The third-order valence-corrected chi connectivity index (χ3v) is 2.93. The van der Waals surface area contributed by atoms with E-state index < -0.39 is 5.60 Å². The van der Waals surface area contributed by atoms with Crippen molar-refractivity contribution in [1.82, 2.24) is 5.32 Å². The highest BCUT2D eigenvalue weighted by Crippen LogP contribution is 2.15. The molecular formula is C12H18INO. The Morgan fingerprint density at radius 2 is 1.87 bits per heavy atom. The van der Waals surface area contributed by atoms with Gasteiger partial charge in [0.25, 0.3) is 0 Å². The third kappa shape index (κ3) is 4.95. The van der Waals surface area contributed by atoms with E-state index in [0.29, 0.717) is 6.54 Å². The van der Waals surface area contributed by atoms with E-state index in [1.807, 2.05) is 0 Å². The van der Waals surface area contributed by atoms with Crippen LogP contribution in [0.4, 0.5) is 0 Å². The second-order valence-electron chi connectivity index (χ2n) is 4.47. The van der Waals surface area contributed by atoms with Gasteiger partial charge in [-0.05, 0) is 61.1 Å². The molecule has 0 spiro atoms. The van der Waals surface area contributed by atoms with Crippen LogP contribution in [0.1, 0.15) is 32.4 Å². The van der Waals surface area contributed by atoms with Gasteiger partial charge in [-0.25, -0.2) is 0 Å². The predicted octanol–water partition coefficient (Wildman–Crippen LogP) is 2.71.